The Hall–Kier alpha value is -1.77. The average Bonchev–Trinajstić information content (AvgIpc) is 2.36. The second-order valence-corrected chi connectivity index (χ2v) is 4.30. The quantitative estimate of drug-likeness (QED) is 0.668. The Morgan fingerprint density at radius 3 is 2.74 bits per heavy atom. The lowest BCUT2D eigenvalue weighted by Gasteiger charge is -2.06. The van der Waals surface area contributed by atoms with Crippen LogP contribution in [0.4, 0.5) is 0 Å². The number of ether oxygens (including phenoxy) is 1. The van der Waals surface area contributed by atoms with Gasteiger partial charge >= 0.3 is 5.97 Å². The molecular formula is C12H10Cl2N2O3. The Bertz CT molecular complexity index is 526. The molecule has 0 unspecified atom stereocenters. The topological polar surface area (TPSA) is 79.2 Å². The van der Waals surface area contributed by atoms with Crippen LogP contribution in [0.2, 0.25) is 10.0 Å². The van der Waals surface area contributed by atoms with Gasteiger partial charge in [-0.3, -0.25) is 4.79 Å². The first kappa shape index (κ1) is 15.3. The lowest BCUT2D eigenvalue weighted by atomic mass is 10.2. The van der Waals surface area contributed by atoms with Crippen LogP contribution in [-0.2, 0) is 9.53 Å². The third-order valence-corrected chi connectivity index (χ3v) is 2.59. The fraction of sp³-hybridized carbons (Fsp3) is 0.250. The number of nitriles is 1. The lowest BCUT2D eigenvalue weighted by molar-refractivity contribution is -0.124. The minimum atomic E-state index is -0.711. The third kappa shape index (κ3) is 5.16. The molecule has 0 aromatic heterocycles. The maximum absolute atomic E-state index is 11.6. The van der Waals surface area contributed by atoms with E-state index in [4.69, 9.17) is 33.2 Å². The summed E-state index contributed by atoms with van der Waals surface area (Å²) in [6.07, 6.45) is 0.197. The molecule has 1 amide bonds. The lowest BCUT2D eigenvalue weighted by Crippen LogP contribution is -2.29. The van der Waals surface area contributed by atoms with Crippen molar-refractivity contribution in [3.05, 3.63) is 33.8 Å². The smallest absolute Gasteiger partial charge is 0.340 e. The number of hydrogen-bond donors (Lipinski definition) is 1. The molecule has 0 aliphatic rings. The first-order chi connectivity index (χ1) is 9.04. The van der Waals surface area contributed by atoms with Gasteiger partial charge in [0, 0.05) is 11.6 Å². The van der Waals surface area contributed by atoms with Crippen LogP contribution < -0.4 is 5.32 Å². The van der Waals surface area contributed by atoms with E-state index in [1.54, 1.807) is 0 Å². The third-order valence-electron chi connectivity index (χ3n) is 2.04. The number of rotatable bonds is 5. The Morgan fingerprint density at radius 1 is 1.37 bits per heavy atom. The van der Waals surface area contributed by atoms with Gasteiger partial charge in [-0.05, 0) is 18.2 Å². The van der Waals surface area contributed by atoms with Gasteiger partial charge in [-0.1, -0.05) is 23.2 Å². The minimum Gasteiger partial charge on any atom is -0.452 e. The molecule has 1 aromatic rings. The molecule has 0 heterocycles. The van der Waals surface area contributed by atoms with Crippen molar-refractivity contribution >= 4 is 35.1 Å². The van der Waals surface area contributed by atoms with E-state index < -0.39 is 18.5 Å². The van der Waals surface area contributed by atoms with Crippen molar-refractivity contribution in [1.82, 2.24) is 5.32 Å². The van der Waals surface area contributed by atoms with Crippen molar-refractivity contribution < 1.29 is 14.3 Å². The second kappa shape index (κ2) is 7.62. The molecule has 0 atom stereocenters. The summed E-state index contributed by atoms with van der Waals surface area (Å²) in [5.41, 5.74) is 0.135. The van der Waals surface area contributed by atoms with Crippen LogP contribution in [0.1, 0.15) is 16.8 Å². The average molecular weight is 301 g/mol. The van der Waals surface area contributed by atoms with Crippen molar-refractivity contribution in [3.63, 3.8) is 0 Å². The van der Waals surface area contributed by atoms with E-state index in [1.165, 1.54) is 18.2 Å². The van der Waals surface area contributed by atoms with Gasteiger partial charge in [-0.25, -0.2) is 4.79 Å². The molecule has 0 radical (unpaired) electrons. The normalized spacial score (nSPS) is 9.53. The largest absolute Gasteiger partial charge is 0.452 e. The number of hydrogen-bond acceptors (Lipinski definition) is 4. The molecule has 1 rings (SSSR count). The summed E-state index contributed by atoms with van der Waals surface area (Å²) in [6.45, 7) is -0.211. The molecular weight excluding hydrogens is 291 g/mol. The number of esters is 1. The van der Waals surface area contributed by atoms with Crippen LogP contribution in [0, 0.1) is 11.3 Å². The SMILES string of the molecule is N#CCCNC(=O)COC(=O)c1ccc(Cl)cc1Cl. The first-order valence-corrected chi connectivity index (χ1v) is 6.06. The van der Waals surface area contributed by atoms with Crippen LogP contribution in [-0.4, -0.2) is 25.0 Å². The molecule has 0 fully saturated rings. The molecule has 7 heteroatoms. The highest BCUT2D eigenvalue weighted by Gasteiger charge is 2.13. The molecule has 0 aliphatic carbocycles. The van der Waals surface area contributed by atoms with Gasteiger partial charge < -0.3 is 10.1 Å². The van der Waals surface area contributed by atoms with Crippen molar-refractivity contribution in [2.24, 2.45) is 0 Å². The zero-order chi connectivity index (χ0) is 14.3. The van der Waals surface area contributed by atoms with Crippen molar-refractivity contribution in [2.75, 3.05) is 13.2 Å². The highest BCUT2D eigenvalue weighted by Crippen LogP contribution is 2.21. The number of nitrogens with zero attached hydrogens (tertiary/aromatic N) is 1. The summed E-state index contributed by atoms with van der Waals surface area (Å²) in [5.74, 6) is -1.19. The molecule has 0 spiro atoms. The predicted molar refractivity (Wildman–Crippen MR) is 70.0 cm³/mol. The fourth-order valence-electron chi connectivity index (χ4n) is 1.17. The van der Waals surface area contributed by atoms with E-state index in [1.807, 2.05) is 6.07 Å². The molecule has 0 saturated carbocycles. The summed E-state index contributed by atoms with van der Waals surface area (Å²) in [4.78, 5) is 22.9. The second-order valence-electron chi connectivity index (χ2n) is 3.46. The zero-order valence-electron chi connectivity index (χ0n) is 9.78. The van der Waals surface area contributed by atoms with Gasteiger partial charge in [0.05, 0.1) is 23.1 Å². The van der Waals surface area contributed by atoms with Gasteiger partial charge in [0.25, 0.3) is 5.91 Å². The van der Waals surface area contributed by atoms with Gasteiger partial charge in [-0.15, -0.1) is 0 Å². The molecule has 0 bridgehead atoms. The Kier molecular flexibility index (Phi) is 6.13. The summed E-state index contributed by atoms with van der Waals surface area (Å²) in [6, 6.07) is 6.20. The Morgan fingerprint density at radius 2 is 2.11 bits per heavy atom. The van der Waals surface area contributed by atoms with Gasteiger partial charge in [0.15, 0.2) is 6.61 Å². The minimum absolute atomic E-state index is 0.135. The van der Waals surface area contributed by atoms with E-state index in [0.29, 0.717) is 5.02 Å². The Balaban J connectivity index is 2.47. The van der Waals surface area contributed by atoms with E-state index in [0.717, 1.165) is 0 Å². The van der Waals surface area contributed by atoms with Crippen LogP contribution in [0.15, 0.2) is 18.2 Å². The van der Waals surface area contributed by atoms with Crippen LogP contribution in [0.25, 0.3) is 0 Å². The summed E-state index contributed by atoms with van der Waals surface area (Å²) < 4.78 is 4.78. The number of carbonyl (C=O) groups excluding carboxylic acids is 2. The maximum atomic E-state index is 11.6. The molecule has 0 saturated heterocycles. The number of carbonyl (C=O) groups is 2. The molecule has 5 nitrogen and oxygen atoms in total. The van der Waals surface area contributed by atoms with Crippen molar-refractivity contribution in [1.29, 1.82) is 5.26 Å². The van der Waals surface area contributed by atoms with E-state index in [9.17, 15) is 9.59 Å². The Labute approximate surface area is 120 Å². The molecule has 0 aliphatic heterocycles. The molecule has 100 valence electrons. The van der Waals surface area contributed by atoms with Gasteiger partial charge in [-0.2, -0.15) is 5.26 Å². The molecule has 1 N–H and O–H groups in total. The highest BCUT2D eigenvalue weighted by molar-refractivity contribution is 6.36. The van der Waals surface area contributed by atoms with Crippen LogP contribution in [0.5, 0.6) is 0 Å². The standard InChI is InChI=1S/C12H10Cl2N2O3/c13-8-2-3-9(10(14)6-8)12(18)19-7-11(17)16-5-1-4-15/h2-3,6H,1,5,7H2,(H,16,17). The van der Waals surface area contributed by atoms with Gasteiger partial charge in [0.2, 0.25) is 0 Å². The molecule has 19 heavy (non-hydrogen) atoms. The highest BCUT2D eigenvalue weighted by atomic mass is 35.5. The number of amides is 1. The van der Waals surface area contributed by atoms with Gasteiger partial charge in [0.1, 0.15) is 0 Å². The summed E-state index contributed by atoms with van der Waals surface area (Å²) in [7, 11) is 0. The fourth-order valence-corrected chi connectivity index (χ4v) is 1.66. The first-order valence-electron chi connectivity index (χ1n) is 5.30. The zero-order valence-corrected chi connectivity index (χ0v) is 11.3. The van der Waals surface area contributed by atoms with Crippen molar-refractivity contribution in [3.8, 4) is 6.07 Å². The van der Waals surface area contributed by atoms with E-state index >= 15 is 0 Å². The van der Waals surface area contributed by atoms with Crippen molar-refractivity contribution in [2.45, 2.75) is 6.42 Å². The maximum Gasteiger partial charge on any atom is 0.340 e. The predicted octanol–water partition coefficient (Wildman–Crippen LogP) is 2.18. The van der Waals surface area contributed by atoms with E-state index in [-0.39, 0.29) is 23.6 Å². The van der Waals surface area contributed by atoms with Crippen LogP contribution >= 0.6 is 23.2 Å². The molecule has 1 aromatic carbocycles. The van der Waals surface area contributed by atoms with Crippen LogP contribution in [0.3, 0.4) is 0 Å². The van der Waals surface area contributed by atoms with E-state index in [2.05, 4.69) is 5.32 Å². The summed E-state index contributed by atoms with van der Waals surface area (Å²) >= 11 is 11.5. The monoisotopic (exact) mass is 300 g/mol. The number of halogens is 2. The number of nitrogens with one attached hydrogen (secondary N) is 1. The number of benzene rings is 1. The summed E-state index contributed by atoms with van der Waals surface area (Å²) in [5, 5.41) is 11.3.